The Bertz CT molecular complexity index is 209. The van der Waals surface area contributed by atoms with E-state index in [-0.39, 0.29) is 6.42 Å². The van der Waals surface area contributed by atoms with Gasteiger partial charge in [0.25, 0.3) is 10.2 Å². The van der Waals surface area contributed by atoms with Gasteiger partial charge >= 0.3 is 0 Å². The van der Waals surface area contributed by atoms with Crippen LogP contribution in [0, 0.1) is 0 Å². The number of nitrogens with one attached hydrogen (secondary N) is 1. The summed E-state index contributed by atoms with van der Waals surface area (Å²) >= 11 is 0. The van der Waals surface area contributed by atoms with Crippen molar-refractivity contribution in [1.29, 1.82) is 0 Å². The molecular formula is C4H10N2O3S. The van der Waals surface area contributed by atoms with Gasteiger partial charge in [0.15, 0.2) is 0 Å². The van der Waals surface area contributed by atoms with Gasteiger partial charge in [0, 0.05) is 6.42 Å². The van der Waals surface area contributed by atoms with E-state index in [0.717, 1.165) is 0 Å². The highest BCUT2D eigenvalue weighted by Crippen LogP contribution is 1.85. The minimum absolute atomic E-state index is 0.177. The number of amides is 1. The van der Waals surface area contributed by atoms with Crippen molar-refractivity contribution in [2.24, 2.45) is 5.14 Å². The Labute approximate surface area is 59.8 Å². The smallest absolute Gasteiger partial charge is 0.274 e. The van der Waals surface area contributed by atoms with Gasteiger partial charge in [-0.25, -0.2) is 9.86 Å². The zero-order chi connectivity index (χ0) is 8.20. The molecule has 3 N–H and O–H groups in total. The van der Waals surface area contributed by atoms with E-state index >= 15 is 0 Å². The molecule has 0 rings (SSSR count). The van der Waals surface area contributed by atoms with Crippen molar-refractivity contribution in [2.45, 2.75) is 19.8 Å². The minimum Gasteiger partial charge on any atom is -0.274 e. The van der Waals surface area contributed by atoms with Crippen molar-refractivity contribution < 1.29 is 13.2 Å². The third-order valence-electron chi connectivity index (χ3n) is 0.733. The van der Waals surface area contributed by atoms with E-state index in [1.165, 1.54) is 0 Å². The van der Waals surface area contributed by atoms with Crippen LogP contribution in [0.2, 0.25) is 0 Å². The van der Waals surface area contributed by atoms with Crippen molar-refractivity contribution in [1.82, 2.24) is 4.72 Å². The fourth-order valence-corrected chi connectivity index (χ4v) is 0.856. The number of rotatable bonds is 3. The van der Waals surface area contributed by atoms with Crippen LogP contribution in [-0.2, 0) is 15.0 Å². The zero-order valence-corrected chi connectivity index (χ0v) is 6.44. The van der Waals surface area contributed by atoms with Crippen LogP contribution in [0.25, 0.3) is 0 Å². The second kappa shape index (κ2) is 3.52. The quantitative estimate of drug-likeness (QED) is 0.569. The molecule has 0 heterocycles. The van der Waals surface area contributed by atoms with Gasteiger partial charge in [0.2, 0.25) is 5.91 Å². The van der Waals surface area contributed by atoms with E-state index in [1.807, 2.05) is 0 Å². The zero-order valence-electron chi connectivity index (χ0n) is 5.62. The Balaban J connectivity index is 3.82. The average Bonchev–Trinajstić information content (AvgIpc) is 1.59. The first kappa shape index (κ1) is 9.38. The molecule has 5 nitrogen and oxygen atoms in total. The Hall–Kier alpha value is -0.620. The van der Waals surface area contributed by atoms with Crippen molar-refractivity contribution in [3.8, 4) is 0 Å². The van der Waals surface area contributed by atoms with Crippen molar-refractivity contribution >= 4 is 16.1 Å². The summed E-state index contributed by atoms with van der Waals surface area (Å²) in [5, 5.41) is 4.51. The first-order chi connectivity index (χ1) is 4.45. The number of carbonyl (C=O) groups excluding carboxylic acids is 1. The lowest BCUT2D eigenvalue weighted by Gasteiger charge is -1.98. The molecule has 0 saturated heterocycles. The highest BCUT2D eigenvalue weighted by atomic mass is 32.2. The molecule has 6 heteroatoms. The molecule has 0 atom stereocenters. The third-order valence-corrected chi connectivity index (χ3v) is 1.25. The number of hydrogen-bond donors (Lipinski definition) is 2. The molecule has 10 heavy (non-hydrogen) atoms. The Morgan fingerprint density at radius 3 is 2.40 bits per heavy atom. The lowest BCUT2D eigenvalue weighted by Crippen LogP contribution is -2.35. The summed E-state index contributed by atoms with van der Waals surface area (Å²) in [5.41, 5.74) is 0. The van der Waals surface area contributed by atoms with E-state index in [9.17, 15) is 13.2 Å². The highest BCUT2D eigenvalue weighted by molar-refractivity contribution is 7.87. The molecule has 0 saturated carbocycles. The average molecular weight is 166 g/mol. The molecule has 60 valence electrons. The molecule has 0 bridgehead atoms. The van der Waals surface area contributed by atoms with E-state index < -0.39 is 16.1 Å². The Kier molecular flexibility index (Phi) is 3.31. The Morgan fingerprint density at radius 2 is 2.10 bits per heavy atom. The molecule has 1 amide bonds. The van der Waals surface area contributed by atoms with E-state index in [0.29, 0.717) is 6.42 Å². The fraction of sp³-hybridized carbons (Fsp3) is 0.750. The van der Waals surface area contributed by atoms with Crippen LogP contribution < -0.4 is 9.86 Å². The van der Waals surface area contributed by atoms with E-state index in [1.54, 1.807) is 11.6 Å². The summed E-state index contributed by atoms with van der Waals surface area (Å²) in [6, 6.07) is 0. The summed E-state index contributed by atoms with van der Waals surface area (Å²) in [6.45, 7) is 1.77. The third kappa shape index (κ3) is 5.52. The lowest BCUT2D eigenvalue weighted by molar-refractivity contribution is -0.119. The molecule has 0 spiro atoms. The SMILES string of the molecule is CCCC(=O)NS(N)(=O)=O. The van der Waals surface area contributed by atoms with Crippen molar-refractivity contribution in [3.63, 3.8) is 0 Å². The minimum atomic E-state index is -3.85. The van der Waals surface area contributed by atoms with Gasteiger partial charge in [-0.05, 0) is 6.42 Å². The predicted molar refractivity (Wildman–Crippen MR) is 36.2 cm³/mol. The highest BCUT2D eigenvalue weighted by Gasteiger charge is 2.05. The van der Waals surface area contributed by atoms with Crippen LogP contribution in [0.1, 0.15) is 19.8 Å². The van der Waals surface area contributed by atoms with Gasteiger partial charge in [0.05, 0.1) is 0 Å². The van der Waals surface area contributed by atoms with Crippen LogP contribution in [0.3, 0.4) is 0 Å². The van der Waals surface area contributed by atoms with E-state index in [2.05, 4.69) is 5.14 Å². The number of nitrogens with two attached hydrogens (primary N) is 1. The summed E-state index contributed by atoms with van der Waals surface area (Å²) in [4.78, 5) is 10.5. The molecule has 0 aliphatic heterocycles. The predicted octanol–water partition coefficient (Wildman–Crippen LogP) is -0.894. The summed E-state index contributed by atoms with van der Waals surface area (Å²) in [5.74, 6) is -0.565. The number of carbonyl (C=O) groups is 1. The van der Waals surface area contributed by atoms with Gasteiger partial charge < -0.3 is 0 Å². The molecule has 0 aliphatic carbocycles. The van der Waals surface area contributed by atoms with Gasteiger partial charge in [-0.3, -0.25) is 4.79 Å². The van der Waals surface area contributed by atoms with Gasteiger partial charge in [0.1, 0.15) is 0 Å². The van der Waals surface area contributed by atoms with Gasteiger partial charge in [-0.15, -0.1) is 0 Å². The van der Waals surface area contributed by atoms with Gasteiger partial charge in [-0.1, -0.05) is 6.92 Å². The maximum absolute atomic E-state index is 10.5. The van der Waals surface area contributed by atoms with Crippen molar-refractivity contribution in [2.75, 3.05) is 0 Å². The second-order valence-electron chi connectivity index (χ2n) is 1.82. The molecule has 0 aliphatic rings. The molecule has 0 unspecified atom stereocenters. The van der Waals surface area contributed by atoms with Crippen molar-refractivity contribution in [3.05, 3.63) is 0 Å². The van der Waals surface area contributed by atoms with Crippen LogP contribution in [-0.4, -0.2) is 14.3 Å². The molecule has 0 aromatic heterocycles. The lowest BCUT2D eigenvalue weighted by atomic mass is 10.3. The van der Waals surface area contributed by atoms with Crippen LogP contribution >= 0.6 is 0 Å². The normalized spacial score (nSPS) is 11.0. The van der Waals surface area contributed by atoms with E-state index in [4.69, 9.17) is 0 Å². The van der Waals surface area contributed by atoms with Crippen LogP contribution in [0.4, 0.5) is 0 Å². The summed E-state index contributed by atoms with van der Waals surface area (Å²) < 4.78 is 22.0. The fourth-order valence-electron chi connectivity index (χ4n) is 0.437. The largest absolute Gasteiger partial charge is 0.298 e. The second-order valence-corrected chi connectivity index (χ2v) is 3.11. The molecular weight excluding hydrogens is 156 g/mol. The molecule has 0 aromatic rings. The monoisotopic (exact) mass is 166 g/mol. The van der Waals surface area contributed by atoms with Crippen LogP contribution in [0.5, 0.6) is 0 Å². The standard InChI is InChI=1S/C4H10N2O3S/c1-2-3-4(7)6-10(5,8)9/h2-3H2,1H3,(H,6,7)(H2,5,8,9). The number of hydrogen-bond acceptors (Lipinski definition) is 3. The maximum atomic E-state index is 10.5. The molecule has 0 radical (unpaired) electrons. The summed E-state index contributed by atoms with van der Waals surface area (Å²) in [7, 11) is -3.85. The summed E-state index contributed by atoms with van der Waals surface area (Å²) in [6.07, 6.45) is 0.776. The van der Waals surface area contributed by atoms with Gasteiger partial charge in [-0.2, -0.15) is 8.42 Å². The first-order valence-corrected chi connectivity index (χ1v) is 4.33. The Morgan fingerprint density at radius 1 is 1.60 bits per heavy atom. The topological polar surface area (TPSA) is 89.3 Å². The van der Waals surface area contributed by atoms with Crippen LogP contribution in [0.15, 0.2) is 0 Å². The molecule has 0 aromatic carbocycles. The first-order valence-electron chi connectivity index (χ1n) is 2.79. The maximum Gasteiger partial charge on any atom is 0.298 e. The molecule has 0 fully saturated rings.